The molecule has 0 radical (unpaired) electrons. The Kier molecular flexibility index (Phi) is 10.4. The van der Waals surface area contributed by atoms with E-state index in [9.17, 15) is 24.0 Å². The smallest absolute Gasteiger partial charge is 0.255 e. The van der Waals surface area contributed by atoms with E-state index >= 15 is 4.39 Å². The van der Waals surface area contributed by atoms with E-state index in [4.69, 9.17) is 4.74 Å². The molecule has 0 bridgehead atoms. The molecule has 0 fully saturated rings. The van der Waals surface area contributed by atoms with Crippen molar-refractivity contribution in [3.63, 3.8) is 0 Å². The van der Waals surface area contributed by atoms with Gasteiger partial charge in [-0.25, -0.2) is 13.8 Å². The van der Waals surface area contributed by atoms with Crippen LogP contribution in [-0.2, 0) is 9.59 Å². The van der Waals surface area contributed by atoms with Crippen LogP contribution in [0.1, 0.15) is 43.0 Å². The molecule has 0 aliphatic carbocycles. The molecule has 0 aliphatic heterocycles. The molecule has 2 rings (SSSR count). The van der Waals surface area contributed by atoms with Crippen LogP contribution in [0.3, 0.4) is 0 Å². The van der Waals surface area contributed by atoms with E-state index < -0.39 is 29.4 Å². The molecular weight excluding hydrogens is 448 g/mol. The van der Waals surface area contributed by atoms with Gasteiger partial charge in [-0.1, -0.05) is 38.3 Å². The van der Waals surface area contributed by atoms with Crippen LogP contribution in [0.25, 0.3) is 11.1 Å². The van der Waals surface area contributed by atoms with Crippen molar-refractivity contribution in [1.82, 2.24) is 15.7 Å². The molecule has 0 aliphatic rings. The minimum Gasteiger partial charge on any atom is -0.497 e. The van der Waals surface area contributed by atoms with Crippen molar-refractivity contribution in [3.05, 3.63) is 53.6 Å². The summed E-state index contributed by atoms with van der Waals surface area (Å²) >= 11 is 0. The standard InChI is InChI=1S/C24H29F2N3O5/c1-3-4-5-7-16(13-29(33)15-30)23(31)27-14-28-24(32)19-9-6-8-18(22(19)26)20-12-17(34-2)10-11-21(20)25/h6,8-12,15-16,33H,3-5,7,13-14H2,1-2H3,(H,27,31)(H,28,32)/t16-/m1/s1. The monoisotopic (exact) mass is 477 g/mol. The van der Waals surface area contributed by atoms with Crippen LogP contribution >= 0.6 is 0 Å². The van der Waals surface area contributed by atoms with E-state index in [1.165, 1.54) is 37.4 Å². The van der Waals surface area contributed by atoms with Gasteiger partial charge in [-0.05, 0) is 30.7 Å². The molecule has 0 unspecified atom stereocenters. The average molecular weight is 478 g/mol. The predicted octanol–water partition coefficient (Wildman–Crippen LogP) is 3.49. The molecule has 1 atom stereocenters. The third-order valence-corrected chi connectivity index (χ3v) is 5.27. The van der Waals surface area contributed by atoms with Gasteiger partial charge in [0, 0.05) is 11.1 Å². The summed E-state index contributed by atoms with van der Waals surface area (Å²) in [5.41, 5.74) is -0.490. The van der Waals surface area contributed by atoms with Crippen molar-refractivity contribution in [2.24, 2.45) is 5.92 Å². The minimum atomic E-state index is -0.919. The maximum Gasteiger partial charge on any atom is 0.255 e. The van der Waals surface area contributed by atoms with Gasteiger partial charge >= 0.3 is 0 Å². The van der Waals surface area contributed by atoms with Gasteiger partial charge in [-0.15, -0.1) is 0 Å². The highest BCUT2D eigenvalue weighted by Crippen LogP contribution is 2.30. The molecule has 34 heavy (non-hydrogen) atoms. The highest BCUT2D eigenvalue weighted by atomic mass is 19.1. The lowest BCUT2D eigenvalue weighted by Crippen LogP contribution is -2.43. The molecule has 8 nitrogen and oxygen atoms in total. The lowest BCUT2D eigenvalue weighted by molar-refractivity contribution is -0.154. The van der Waals surface area contributed by atoms with Gasteiger partial charge < -0.3 is 15.4 Å². The van der Waals surface area contributed by atoms with Crippen molar-refractivity contribution in [3.8, 4) is 16.9 Å². The number of nitrogens with one attached hydrogen (secondary N) is 2. The zero-order valence-corrected chi connectivity index (χ0v) is 19.1. The summed E-state index contributed by atoms with van der Waals surface area (Å²) in [6.07, 6.45) is 3.21. The zero-order valence-electron chi connectivity index (χ0n) is 19.1. The second-order valence-electron chi connectivity index (χ2n) is 7.66. The fourth-order valence-electron chi connectivity index (χ4n) is 3.42. The van der Waals surface area contributed by atoms with Gasteiger partial charge in [0.2, 0.25) is 12.3 Å². The van der Waals surface area contributed by atoms with Gasteiger partial charge in [0.15, 0.2) is 0 Å². The summed E-state index contributed by atoms with van der Waals surface area (Å²) < 4.78 is 34.4. The molecule has 0 saturated heterocycles. The third-order valence-electron chi connectivity index (χ3n) is 5.27. The number of carbonyl (C=O) groups is 3. The molecule has 10 heteroatoms. The first-order valence-corrected chi connectivity index (χ1v) is 10.9. The number of carbonyl (C=O) groups excluding carboxylic acids is 3. The maximum atomic E-state index is 15.1. The Morgan fingerprint density at radius 3 is 2.59 bits per heavy atom. The molecule has 184 valence electrons. The summed E-state index contributed by atoms with van der Waals surface area (Å²) in [7, 11) is 1.40. The number of hydrogen-bond donors (Lipinski definition) is 3. The largest absolute Gasteiger partial charge is 0.497 e. The average Bonchev–Trinajstić information content (AvgIpc) is 2.83. The second kappa shape index (κ2) is 13.2. The van der Waals surface area contributed by atoms with Crippen LogP contribution in [0.4, 0.5) is 8.78 Å². The molecule has 0 saturated carbocycles. The Bertz CT molecular complexity index is 1000. The van der Waals surface area contributed by atoms with Crippen molar-refractivity contribution in [2.75, 3.05) is 20.3 Å². The van der Waals surface area contributed by atoms with Crippen LogP contribution < -0.4 is 15.4 Å². The van der Waals surface area contributed by atoms with Crippen molar-refractivity contribution in [2.45, 2.75) is 32.6 Å². The molecule has 0 heterocycles. The van der Waals surface area contributed by atoms with Crippen molar-refractivity contribution >= 4 is 18.2 Å². The van der Waals surface area contributed by atoms with Crippen LogP contribution in [0, 0.1) is 17.6 Å². The highest BCUT2D eigenvalue weighted by molar-refractivity contribution is 5.96. The molecule has 3 N–H and O–H groups in total. The van der Waals surface area contributed by atoms with E-state index in [1.807, 2.05) is 6.92 Å². The number of hydroxylamine groups is 2. The number of rotatable bonds is 13. The second-order valence-corrected chi connectivity index (χ2v) is 7.66. The first-order chi connectivity index (χ1) is 16.3. The molecular formula is C24H29F2N3O5. The van der Waals surface area contributed by atoms with Gasteiger partial charge in [-0.2, -0.15) is 0 Å². The first kappa shape index (κ1) is 26.7. The fourth-order valence-corrected chi connectivity index (χ4v) is 3.42. The molecule has 0 aromatic heterocycles. The van der Waals surface area contributed by atoms with E-state index in [0.717, 1.165) is 25.3 Å². The normalized spacial score (nSPS) is 11.4. The van der Waals surface area contributed by atoms with Crippen molar-refractivity contribution < 1.29 is 33.1 Å². The van der Waals surface area contributed by atoms with Gasteiger partial charge in [-0.3, -0.25) is 19.6 Å². The number of methoxy groups -OCH3 is 1. The summed E-state index contributed by atoms with van der Waals surface area (Å²) in [4.78, 5) is 35.7. The third kappa shape index (κ3) is 7.24. The number of amides is 3. The van der Waals surface area contributed by atoms with Crippen LogP contribution in [0.2, 0.25) is 0 Å². The SMILES string of the molecule is CCCCC[C@H](CN(O)C=O)C(=O)NCNC(=O)c1cccc(-c2cc(OC)ccc2F)c1F. The Balaban J connectivity index is 2.06. The lowest BCUT2D eigenvalue weighted by Gasteiger charge is -2.19. The number of benzene rings is 2. The zero-order chi connectivity index (χ0) is 25.1. The highest BCUT2D eigenvalue weighted by Gasteiger charge is 2.22. The van der Waals surface area contributed by atoms with Crippen LogP contribution in [0.15, 0.2) is 36.4 Å². The Hall–Kier alpha value is -3.53. The van der Waals surface area contributed by atoms with Crippen LogP contribution in [-0.4, -0.2) is 48.8 Å². The number of halogens is 2. The maximum absolute atomic E-state index is 15.1. The molecule has 0 spiro atoms. The molecule has 2 aromatic carbocycles. The van der Waals surface area contributed by atoms with Gasteiger partial charge in [0.1, 0.15) is 17.4 Å². The van der Waals surface area contributed by atoms with Gasteiger partial charge in [0.25, 0.3) is 5.91 Å². The van der Waals surface area contributed by atoms with Gasteiger partial charge in [0.05, 0.1) is 31.8 Å². The number of nitrogens with zero attached hydrogens (tertiary/aromatic N) is 1. The minimum absolute atomic E-state index is 0.0570. The molecule has 2 aromatic rings. The van der Waals surface area contributed by atoms with E-state index in [0.29, 0.717) is 17.2 Å². The Morgan fingerprint density at radius 1 is 1.15 bits per heavy atom. The number of ether oxygens (including phenoxy) is 1. The number of unbranched alkanes of at least 4 members (excludes halogenated alkanes) is 2. The summed E-state index contributed by atoms with van der Waals surface area (Å²) in [5.74, 6) is -3.20. The van der Waals surface area contributed by atoms with E-state index in [1.54, 1.807) is 0 Å². The summed E-state index contributed by atoms with van der Waals surface area (Å²) in [6, 6.07) is 7.89. The van der Waals surface area contributed by atoms with E-state index in [-0.39, 0.29) is 36.3 Å². The molecule has 3 amide bonds. The summed E-state index contributed by atoms with van der Waals surface area (Å²) in [6.45, 7) is 1.52. The quantitative estimate of drug-likeness (QED) is 0.135. The lowest BCUT2D eigenvalue weighted by atomic mass is 10.00. The predicted molar refractivity (Wildman–Crippen MR) is 121 cm³/mol. The topological polar surface area (TPSA) is 108 Å². The Morgan fingerprint density at radius 2 is 1.91 bits per heavy atom. The first-order valence-electron chi connectivity index (χ1n) is 10.9. The van der Waals surface area contributed by atoms with E-state index in [2.05, 4.69) is 10.6 Å². The number of hydrogen-bond acceptors (Lipinski definition) is 5. The Labute approximate surface area is 196 Å². The van der Waals surface area contributed by atoms with Crippen molar-refractivity contribution in [1.29, 1.82) is 0 Å². The summed E-state index contributed by atoms with van der Waals surface area (Å²) in [5, 5.41) is 14.7. The van der Waals surface area contributed by atoms with Crippen LogP contribution in [0.5, 0.6) is 5.75 Å². The fraction of sp³-hybridized carbons (Fsp3) is 0.375.